The normalized spacial score (nSPS) is 45.8. The van der Waals surface area contributed by atoms with Crippen LogP contribution < -0.4 is 0 Å². The molecule has 0 amide bonds. The van der Waals surface area contributed by atoms with Crippen LogP contribution >= 0.6 is 0 Å². The molecule has 0 bridgehead atoms. The Morgan fingerprint density at radius 2 is 1.64 bits per heavy atom. The zero-order valence-electron chi connectivity index (χ0n) is 25.3. The maximum Gasteiger partial charge on any atom is 0.318 e. The van der Waals surface area contributed by atoms with E-state index in [1.165, 1.54) is 32.6 Å². The summed E-state index contributed by atoms with van der Waals surface area (Å²) in [6.45, 7) is 16.0. The fourth-order valence-electron chi connectivity index (χ4n) is 11.0. The predicted molar refractivity (Wildman–Crippen MR) is 149 cm³/mol. The molecule has 0 spiro atoms. The number of fused-ring (bicyclic) bond motifs is 5. The van der Waals surface area contributed by atoms with E-state index in [0.29, 0.717) is 29.6 Å². The molecule has 4 fully saturated rings. The van der Waals surface area contributed by atoms with Crippen molar-refractivity contribution >= 4 is 17.9 Å². The molecule has 1 saturated heterocycles. The van der Waals surface area contributed by atoms with Crippen LogP contribution in [0.5, 0.6) is 0 Å². The van der Waals surface area contributed by atoms with Crippen molar-refractivity contribution in [2.24, 2.45) is 70.0 Å². The highest BCUT2D eigenvalue weighted by Gasteiger charge is 2.68. The zero-order chi connectivity index (χ0) is 28.0. The summed E-state index contributed by atoms with van der Waals surface area (Å²) in [5.74, 6) is 2.35. The molecule has 5 nitrogen and oxygen atoms in total. The predicted octanol–water partition coefficient (Wildman–Crippen LogP) is 7.13. The van der Waals surface area contributed by atoms with Crippen molar-refractivity contribution in [1.82, 2.24) is 0 Å². The van der Waals surface area contributed by atoms with Crippen molar-refractivity contribution in [2.75, 3.05) is 0 Å². The first kappa shape index (κ1) is 27.5. The molecule has 0 unspecified atom stereocenters. The summed E-state index contributed by atoms with van der Waals surface area (Å²) in [5.41, 5.74) is 3.45. The van der Waals surface area contributed by atoms with Gasteiger partial charge in [0.15, 0.2) is 0 Å². The molecule has 1 heterocycles. The highest BCUT2D eigenvalue weighted by atomic mass is 16.6. The van der Waals surface area contributed by atoms with Gasteiger partial charge in [0.05, 0.1) is 11.8 Å². The van der Waals surface area contributed by atoms with E-state index in [-0.39, 0.29) is 58.5 Å². The third kappa shape index (κ3) is 4.02. The monoisotopic (exact) mass is 538 g/mol. The summed E-state index contributed by atoms with van der Waals surface area (Å²) in [7, 11) is 0. The number of ether oxygens (including phenoxy) is 2. The quantitative estimate of drug-likeness (QED) is 0.204. The van der Waals surface area contributed by atoms with Crippen molar-refractivity contribution in [2.45, 2.75) is 112 Å². The number of rotatable bonds is 6. The average molecular weight is 539 g/mol. The van der Waals surface area contributed by atoms with E-state index in [2.05, 4.69) is 41.5 Å². The second-order valence-corrected chi connectivity index (χ2v) is 15.4. The molecule has 0 aromatic rings. The van der Waals surface area contributed by atoms with Crippen LogP contribution in [0.4, 0.5) is 0 Å². The lowest BCUT2D eigenvalue weighted by Gasteiger charge is -2.61. The summed E-state index contributed by atoms with van der Waals surface area (Å²) in [5, 5.41) is 0. The smallest absolute Gasteiger partial charge is 0.318 e. The summed E-state index contributed by atoms with van der Waals surface area (Å²) >= 11 is 0. The molecule has 216 valence electrons. The van der Waals surface area contributed by atoms with Gasteiger partial charge < -0.3 is 9.47 Å². The van der Waals surface area contributed by atoms with Gasteiger partial charge in [0.1, 0.15) is 6.10 Å². The van der Waals surface area contributed by atoms with Crippen molar-refractivity contribution in [3.8, 4) is 0 Å². The van der Waals surface area contributed by atoms with Gasteiger partial charge in [-0.15, -0.1) is 0 Å². The Labute approximate surface area is 235 Å². The molecule has 1 aliphatic heterocycles. The molecular formula is C34H50O5. The molecule has 6 rings (SSSR count). The largest absolute Gasteiger partial charge is 0.463 e. The number of esters is 3. The minimum atomic E-state index is -0.320. The van der Waals surface area contributed by atoms with Crippen molar-refractivity contribution < 1.29 is 23.9 Å². The van der Waals surface area contributed by atoms with Crippen LogP contribution in [0.1, 0.15) is 106 Å². The standard InChI is InChI=1S/C34H50O5/c1-17(2)18(3)8-9-19(4)26-16-24-29-28(31(36)39-32(29)37)23-15-21-14-22(38-20(5)35)10-12-33(21,6)25-11-13-34(26,7)30(24)27(23)25/h17-19,21-26,28-29H,8-16H2,1-7H3/t18-,19+,21+,22+,23+,24+,25+,26-,28-,29+,33-,34-/m0/s1. The molecule has 0 aromatic heterocycles. The lowest BCUT2D eigenvalue weighted by molar-refractivity contribution is -0.154. The van der Waals surface area contributed by atoms with E-state index < -0.39 is 0 Å². The van der Waals surface area contributed by atoms with Gasteiger partial charge in [0, 0.05) is 6.92 Å². The number of allylic oxidation sites excluding steroid dienone is 2. The molecule has 3 saturated carbocycles. The van der Waals surface area contributed by atoms with Crippen molar-refractivity contribution in [1.29, 1.82) is 0 Å². The zero-order valence-corrected chi connectivity index (χ0v) is 25.3. The van der Waals surface area contributed by atoms with Gasteiger partial charge >= 0.3 is 17.9 Å². The van der Waals surface area contributed by atoms with Gasteiger partial charge in [-0.3, -0.25) is 14.4 Å². The van der Waals surface area contributed by atoms with Crippen LogP contribution in [0.3, 0.4) is 0 Å². The Balaban J connectivity index is 1.39. The Bertz CT molecular complexity index is 1090. The summed E-state index contributed by atoms with van der Waals surface area (Å²) < 4.78 is 11.2. The molecule has 5 aliphatic carbocycles. The van der Waals surface area contributed by atoms with E-state index >= 15 is 0 Å². The summed E-state index contributed by atoms with van der Waals surface area (Å²) in [4.78, 5) is 38.4. The number of carbonyl (C=O) groups is 3. The van der Waals surface area contributed by atoms with Crippen LogP contribution in [0.25, 0.3) is 0 Å². The maximum atomic E-state index is 13.3. The fraction of sp³-hybridized carbons (Fsp3) is 0.853. The Morgan fingerprint density at radius 1 is 0.949 bits per heavy atom. The third-order valence-electron chi connectivity index (χ3n) is 13.4. The molecule has 0 aromatic carbocycles. The highest BCUT2D eigenvalue weighted by Crippen LogP contribution is 2.73. The van der Waals surface area contributed by atoms with E-state index in [0.717, 1.165) is 38.0 Å². The molecule has 5 heteroatoms. The number of hydrogen-bond acceptors (Lipinski definition) is 5. The maximum absolute atomic E-state index is 13.3. The SMILES string of the molecule is CC(=O)O[C@@H]1CC[C@@]2(C)[C@H](C1)C[C@@H]1C3=C4[C@H](C[C@@H]([C@H](C)CC[C@H](C)C(C)C)[C@]4(C)CC[C@H]32)[C@H]2C(=O)OC(=O)[C@H]21. The lowest BCUT2D eigenvalue weighted by Crippen LogP contribution is -2.55. The first-order valence-corrected chi connectivity index (χ1v) is 16.0. The molecular weight excluding hydrogens is 488 g/mol. The Hall–Kier alpha value is -1.65. The van der Waals surface area contributed by atoms with Gasteiger partial charge in [-0.05, 0) is 103 Å². The first-order chi connectivity index (χ1) is 18.4. The van der Waals surface area contributed by atoms with Crippen molar-refractivity contribution in [3.05, 3.63) is 11.1 Å². The van der Waals surface area contributed by atoms with E-state index in [1.54, 1.807) is 11.1 Å². The summed E-state index contributed by atoms with van der Waals surface area (Å²) in [6, 6.07) is 0. The molecule has 39 heavy (non-hydrogen) atoms. The van der Waals surface area contributed by atoms with Crippen LogP contribution in [-0.4, -0.2) is 24.0 Å². The van der Waals surface area contributed by atoms with E-state index in [1.807, 2.05) is 0 Å². The van der Waals surface area contributed by atoms with Gasteiger partial charge in [0.2, 0.25) is 0 Å². The number of hydrogen-bond donors (Lipinski definition) is 0. The molecule has 0 radical (unpaired) electrons. The second-order valence-electron chi connectivity index (χ2n) is 15.4. The van der Waals surface area contributed by atoms with Gasteiger partial charge in [0.25, 0.3) is 0 Å². The van der Waals surface area contributed by atoms with Gasteiger partial charge in [-0.25, -0.2) is 0 Å². The van der Waals surface area contributed by atoms with E-state index in [4.69, 9.17) is 9.47 Å². The molecule has 6 aliphatic rings. The van der Waals surface area contributed by atoms with Crippen LogP contribution in [-0.2, 0) is 23.9 Å². The van der Waals surface area contributed by atoms with Gasteiger partial charge in [-0.1, -0.05) is 65.5 Å². The minimum Gasteiger partial charge on any atom is -0.463 e. The highest BCUT2D eigenvalue weighted by molar-refractivity contribution is 5.98. The van der Waals surface area contributed by atoms with E-state index in [9.17, 15) is 14.4 Å². The number of carbonyl (C=O) groups excluding carboxylic acids is 3. The lowest BCUT2D eigenvalue weighted by atomic mass is 9.43. The average Bonchev–Trinajstić information content (AvgIpc) is 3.34. The topological polar surface area (TPSA) is 69.7 Å². The Kier molecular flexibility index (Phi) is 6.66. The molecule has 0 N–H and O–H groups in total. The first-order valence-electron chi connectivity index (χ1n) is 16.0. The Morgan fingerprint density at radius 3 is 2.31 bits per heavy atom. The number of cyclic esters (lactones) is 2. The molecule has 12 atom stereocenters. The van der Waals surface area contributed by atoms with Crippen LogP contribution in [0, 0.1) is 70.0 Å². The van der Waals surface area contributed by atoms with Crippen LogP contribution in [0.15, 0.2) is 11.1 Å². The fourth-order valence-corrected chi connectivity index (χ4v) is 11.0. The summed E-state index contributed by atoms with van der Waals surface area (Å²) in [6.07, 6.45) is 9.64. The van der Waals surface area contributed by atoms with Crippen molar-refractivity contribution in [3.63, 3.8) is 0 Å². The minimum absolute atomic E-state index is 0.0297. The van der Waals surface area contributed by atoms with Crippen LogP contribution in [0.2, 0.25) is 0 Å². The third-order valence-corrected chi connectivity index (χ3v) is 13.4. The van der Waals surface area contributed by atoms with Gasteiger partial charge in [-0.2, -0.15) is 0 Å². The second kappa shape index (κ2) is 9.44.